The Balaban J connectivity index is 1.61. The number of nitrogens with zero attached hydrogens (tertiary/aromatic N) is 2. The van der Waals surface area contributed by atoms with E-state index in [2.05, 4.69) is 4.72 Å². The maximum absolute atomic E-state index is 13.3. The van der Waals surface area contributed by atoms with Crippen LogP contribution in [0.3, 0.4) is 0 Å². The van der Waals surface area contributed by atoms with Crippen molar-refractivity contribution in [3.05, 3.63) is 65.2 Å². The highest BCUT2D eigenvalue weighted by atomic mass is 32.2. The molecule has 7 nitrogen and oxygen atoms in total. The topological polar surface area (TPSA) is 93.1 Å². The van der Waals surface area contributed by atoms with Crippen LogP contribution in [-0.4, -0.2) is 55.4 Å². The summed E-state index contributed by atoms with van der Waals surface area (Å²) < 4.78 is 48.5. The van der Waals surface area contributed by atoms with Crippen LogP contribution in [0, 0.1) is 11.6 Å². The summed E-state index contributed by atoms with van der Waals surface area (Å²) in [5.74, 6) is -1.64. The maximum Gasteiger partial charge on any atom is 0.259 e. The monoisotopic (exact) mass is 411 g/mol. The van der Waals surface area contributed by atoms with Crippen molar-refractivity contribution in [2.45, 2.75) is 12.8 Å². The summed E-state index contributed by atoms with van der Waals surface area (Å²) in [5, 5.41) is 10.4. The molecule has 1 heterocycles. The molecular formula is C18H19F2N3O4S. The van der Waals surface area contributed by atoms with E-state index < -0.39 is 29.1 Å². The van der Waals surface area contributed by atoms with Gasteiger partial charge in [0.2, 0.25) is 0 Å². The van der Waals surface area contributed by atoms with Crippen LogP contribution in [0.25, 0.3) is 0 Å². The van der Waals surface area contributed by atoms with Gasteiger partial charge in [-0.15, -0.1) is 0 Å². The molecule has 0 spiro atoms. The van der Waals surface area contributed by atoms with Crippen molar-refractivity contribution in [2.75, 3.05) is 24.4 Å². The minimum absolute atomic E-state index is 0.0529. The van der Waals surface area contributed by atoms with Crippen molar-refractivity contribution in [2.24, 2.45) is 0 Å². The van der Waals surface area contributed by atoms with E-state index in [9.17, 15) is 22.9 Å². The molecule has 1 aliphatic rings. The number of amides is 1. The number of rotatable bonds is 5. The van der Waals surface area contributed by atoms with Crippen molar-refractivity contribution in [3.63, 3.8) is 0 Å². The molecule has 150 valence electrons. The van der Waals surface area contributed by atoms with E-state index in [4.69, 9.17) is 4.55 Å². The number of piperazine rings is 1. The predicted octanol–water partition coefficient (Wildman–Crippen LogP) is 1.79. The Morgan fingerprint density at radius 1 is 1.14 bits per heavy atom. The van der Waals surface area contributed by atoms with Crippen molar-refractivity contribution in [1.82, 2.24) is 9.80 Å². The van der Waals surface area contributed by atoms with Gasteiger partial charge < -0.3 is 10.0 Å². The first kappa shape index (κ1) is 20.3. The number of nitrogens with one attached hydrogen (secondary N) is 1. The van der Waals surface area contributed by atoms with E-state index >= 15 is 0 Å². The second kappa shape index (κ2) is 8.74. The number of benzene rings is 2. The fraction of sp³-hybridized carbons (Fsp3) is 0.278. The molecule has 1 saturated heterocycles. The molecule has 2 unspecified atom stereocenters. The zero-order valence-electron chi connectivity index (χ0n) is 14.7. The summed E-state index contributed by atoms with van der Waals surface area (Å²) in [5.41, 5.74) is 1.17. The van der Waals surface area contributed by atoms with Gasteiger partial charge in [0.15, 0.2) is 0 Å². The second-order valence-corrected chi connectivity index (χ2v) is 7.11. The molecule has 0 aromatic heterocycles. The molecule has 28 heavy (non-hydrogen) atoms. The van der Waals surface area contributed by atoms with Crippen LogP contribution < -0.4 is 4.72 Å². The SMILES string of the molecule is O=C(c1ccc(NS(=O)O)cc1)N1CCN(Cc2cc(F)cc(F)c2)C(O)C1. The van der Waals surface area contributed by atoms with E-state index in [-0.39, 0.29) is 19.0 Å². The van der Waals surface area contributed by atoms with E-state index in [1.807, 2.05) is 0 Å². The van der Waals surface area contributed by atoms with Gasteiger partial charge in [-0.3, -0.25) is 19.0 Å². The second-order valence-electron chi connectivity index (χ2n) is 6.41. The van der Waals surface area contributed by atoms with Gasteiger partial charge in [-0.05, 0) is 42.0 Å². The van der Waals surface area contributed by atoms with E-state index in [1.54, 1.807) is 4.90 Å². The van der Waals surface area contributed by atoms with Gasteiger partial charge in [0.1, 0.15) is 17.9 Å². The molecule has 2 aromatic carbocycles. The smallest absolute Gasteiger partial charge is 0.259 e. The average molecular weight is 411 g/mol. The van der Waals surface area contributed by atoms with Gasteiger partial charge in [-0.2, -0.15) is 0 Å². The fourth-order valence-electron chi connectivity index (χ4n) is 3.07. The average Bonchev–Trinajstić information content (AvgIpc) is 2.62. The van der Waals surface area contributed by atoms with Crippen LogP contribution in [0.15, 0.2) is 42.5 Å². The summed E-state index contributed by atoms with van der Waals surface area (Å²) in [4.78, 5) is 15.7. The normalized spacial score (nSPS) is 18.7. The summed E-state index contributed by atoms with van der Waals surface area (Å²) in [6, 6.07) is 9.26. The lowest BCUT2D eigenvalue weighted by Crippen LogP contribution is -2.54. The molecule has 1 fully saturated rings. The third-order valence-corrected chi connectivity index (χ3v) is 4.80. The summed E-state index contributed by atoms with van der Waals surface area (Å²) in [7, 11) is 0. The summed E-state index contributed by atoms with van der Waals surface area (Å²) in [6.45, 7) is 0.899. The van der Waals surface area contributed by atoms with Crippen LogP contribution in [0.5, 0.6) is 0 Å². The Morgan fingerprint density at radius 2 is 1.79 bits per heavy atom. The van der Waals surface area contributed by atoms with Gasteiger partial charge in [0.25, 0.3) is 17.2 Å². The molecule has 2 aromatic rings. The number of aliphatic hydroxyl groups is 1. The van der Waals surface area contributed by atoms with Crippen LogP contribution >= 0.6 is 0 Å². The highest BCUT2D eigenvalue weighted by Gasteiger charge is 2.28. The molecule has 0 saturated carbocycles. The summed E-state index contributed by atoms with van der Waals surface area (Å²) in [6.07, 6.45) is -0.971. The lowest BCUT2D eigenvalue weighted by atomic mass is 10.1. The predicted molar refractivity (Wildman–Crippen MR) is 99.5 cm³/mol. The Labute approximate surface area is 163 Å². The minimum Gasteiger partial charge on any atom is -0.376 e. The molecule has 1 aliphatic heterocycles. The minimum atomic E-state index is -2.20. The van der Waals surface area contributed by atoms with Crippen molar-refractivity contribution in [3.8, 4) is 0 Å². The van der Waals surface area contributed by atoms with Gasteiger partial charge in [-0.25, -0.2) is 13.0 Å². The number of anilines is 1. The standard InChI is InChI=1S/C18H19F2N3O4S/c19-14-7-12(8-15(20)9-14)10-22-5-6-23(11-17(22)24)18(25)13-1-3-16(4-2-13)21-28(26)27/h1-4,7-9,17,21,24H,5-6,10-11H2,(H,26,27). The third-order valence-electron chi connectivity index (χ3n) is 4.39. The first-order valence-electron chi connectivity index (χ1n) is 8.46. The lowest BCUT2D eigenvalue weighted by molar-refractivity contribution is -0.0527. The molecule has 0 bridgehead atoms. The van der Waals surface area contributed by atoms with Gasteiger partial charge in [-0.1, -0.05) is 0 Å². The van der Waals surface area contributed by atoms with Crippen LogP contribution in [0.2, 0.25) is 0 Å². The van der Waals surface area contributed by atoms with Crippen molar-refractivity contribution in [1.29, 1.82) is 0 Å². The molecular weight excluding hydrogens is 392 g/mol. The van der Waals surface area contributed by atoms with Crippen LogP contribution in [-0.2, 0) is 17.8 Å². The summed E-state index contributed by atoms with van der Waals surface area (Å²) >= 11 is -2.20. The number of hydrogen-bond donors (Lipinski definition) is 3. The molecule has 1 amide bonds. The first-order chi connectivity index (χ1) is 13.3. The van der Waals surface area contributed by atoms with E-state index in [0.29, 0.717) is 29.9 Å². The zero-order valence-corrected chi connectivity index (χ0v) is 15.5. The van der Waals surface area contributed by atoms with Gasteiger partial charge in [0.05, 0.1) is 6.54 Å². The highest BCUT2D eigenvalue weighted by Crippen LogP contribution is 2.18. The zero-order chi connectivity index (χ0) is 20.3. The fourth-order valence-corrected chi connectivity index (χ4v) is 3.41. The Bertz CT molecular complexity index is 861. The Hall–Kier alpha value is -2.40. The molecule has 10 heteroatoms. The van der Waals surface area contributed by atoms with Crippen molar-refractivity contribution < 1.29 is 27.4 Å². The number of halogens is 2. The maximum atomic E-state index is 13.3. The largest absolute Gasteiger partial charge is 0.376 e. The number of hydrogen-bond acceptors (Lipinski definition) is 4. The quantitative estimate of drug-likeness (QED) is 0.653. The number of carbonyl (C=O) groups excluding carboxylic acids is 1. The number of aliphatic hydroxyl groups excluding tert-OH is 1. The van der Waals surface area contributed by atoms with E-state index in [0.717, 1.165) is 6.07 Å². The lowest BCUT2D eigenvalue weighted by Gasteiger charge is -2.38. The molecule has 3 rings (SSSR count). The van der Waals surface area contributed by atoms with Gasteiger partial charge >= 0.3 is 0 Å². The van der Waals surface area contributed by atoms with Crippen LogP contribution in [0.4, 0.5) is 14.5 Å². The highest BCUT2D eigenvalue weighted by molar-refractivity contribution is 7.80. The first-order valence-corrected chi connectivity index (χ1v) is 9.56. The Morgan fingerprint density at radius 3 is 2.36 bits per heavy atom. The molecule has 3 N–H and O–H groups in total. The Kier molecular flexibility index (Phi) is 6.35. The van der Waals surface area contributed by atoms with Crippen LogP contribution in [0.1, 0.15) is 15.9 Å². The third kappa shape index (κ3) is 5.10. The number of β-amino-alcohol motifs (C(OH)–C–C–N with tert-alkyl or cyclic N) is 1. The number of carbonyl (C=O) groups is 1. The van der Waals surface area contributed by atoms with Crippen molar-refractivity contribution >= 4 is 22.9 Å². The van der Waals surface area contributed by atoms with E-state index in [1.165, 1.54) is 41.3 Å². The molecule has 0 aliphatic carbocycles. The molecule has 2 atom stereocenters. The molecule has 0 radical (unpaired) electrons. The van der Waals surface area contributed by atoms with Gasteiger partial charge in [0, 0.05) is 37.0 Å².